The Balaban J connectivity index is 2.26. The third kappa shape index (κ3) is 2.09. The summed E-state index contributed by atoms with van der Waals surface area (Å²) in [6.07, 6.45) is 3.58. The fourth-order valence-corrected chi connectivity index (χ4v) is 2.71. The monoisotopic (exact) mass is 290 g/mol. The second-order valence-electron chi connectivity index (χ2n) is 4.47. The first-order valence-electron chi connectivity index (χ1n) is 5.39. The van der Waals surface area contributed by atoms with E-state index < -0.39 is 0 Å². The molecule has 2 nitrogen and oxygen atoms in total. The average Bonchev–Trinajstić information content (AvgIpc) is 2.97. The smallest absolute Gasteiger partial charge is 0.0738 e. The van der Waals surface area contributed by atoms with Crippen LogP contribution in [0.4, 0.5) is 0 Å². The molecule has 0 saturated heterocycles. The summed E-state index contributed by atoms with van der Waals surface area (Å²) in [5, 5.41) is 4.50. The summed E-state index contributed by atoms with van der Waals surface area (Å²) >= 11 is 9.64. The Kier molecular flexibility index (Phi) is 3.13. The van der Waals surface area contributed by atoms with E-state index in [1.807, 2.05) is 6.92 Å². The molecule has 1 fully saturated rings. The van der Waals surface area contributed by atoms with Crippen molar-refractivity contribution in [1.29, 1.82) is 0 Å². The summed E-state index contributed by atoms with van der Waals surface area (Å²) < 4.78 is 3.26. The zero-order valence-corrected chi connectivity index (χ0v) is 11.5. The van der Waals surface area contributed by atoms with Crippen molar-refractivity contribution >= 4 is 27.5 Å². The summed E-state index contributed by atoms with van der Waals surface area (Å²) in [5.74, 6) is 0.771. The van der Waals surface area contributed by atoms with E-state index in [-0.39, 0.29) is 0 Å². The van der Waals surface area contributed by atoms with Gasteiger partial charge < -0.3 is 0 Å². The number of aromatic nitrogens is 2. The van der Waals surface area contributed by atoms with Crippen molar-refractivity contribution in [2.75, 3.05) is 5.88 Å². The van der Waals surface area contributed by atoms with E-state index in [4.69, 9.17) is 11.6 Å². The summed E-state index contributed by atoms with van der Waals surface area (Å²) in [6.45, 7) is 5.10. The summed E-state index contributed by atoms with van der Waals surface area (Å²) in [6, 6.07) is 0. The number of rotatable bonds is 4. The molecule has 1 saturated carbocycles. The molecule has 1 heterocycles. The molecular formula is C11H16BrClN2. The van der Waals surface area contributed by atoms with Gasteiger partial charge >= 0.3 is 0 Å². The summed E-state index contributed by atoms with van der Waals surface area (Å²) in [5.41, 5.74) is 2.76. The predicted molar refractivity (Wildman–Crippen MR) is 66.4 cm³/mol. The van der Waals surface area contributed by atoms with Gasteiger partial charge in [-0.05, 0) is 54.5 Å². The van der Waals surface area contributed by atoms with Gasteiger partial charge in [-0.15, -0.1) is 11.6 Å². The van der Waals surface area contributed by atoms with Crippen LogP contribution in [-0.2, 0) is 13.0 Å². The van der Waals surface area contributed by atoms with Gasteiger partial charge in [0.05, 0.1) is 15.9 Å². The molecule has 1 aliphatic rings. The Morgan fingerprint density at radius 1 is 1.53 bits per heavy atom. The van der Waals surface area contributed by atoms with E-state index in [1.54, 1.807) is 0 Å². The highest BCUT2D eigenvalue weighted by molar-refractivity contribution is 9.10. The molecule has 4 heteroatoms. The largest absolute Gasteiger partial charge is 0.268 e. The standard InChI is InChI=1S/C11H16BrClN2/c1-3-15-9(10(12)8(2)14-15)6-11(7-13)4-5-11/h3-7H2,1-2H3. The second kappa shape index (κ2) is 4.10. The van der Waals surface area contributed by atoms with E-state index >= 15 is 0 Å². The zero-order chi connectivity index (χ0) is 11.1. The minimum atomic E-state index is 0.365. The first-order chi connectivity index (χ1) is 7.12. The summed E-state index contributed by atoms with van der Waals surface area (Å²) in [7, 11) is 0. The Morgan fingerprint density at radius 2 is 2.20 bits per heavy atom. The number of halogens is 2. The van der Waals surface area contributed by atoms with Crippen molar-refractivity contribution in [3.05, 3.63) is 15.9 Å². The topological polar surface area (TPSA) is 17.8 Å². The van der Waals surface area contributed by atoms with Crippen LogP contribution in [0, 0.1) is 12.3 Å². The van der Waals surface area contributed by atoms with E-state index in [9.17, 15) is 0 Å². The molecule has 0 spiro atoms. The molecule has 0 aromatic carbocycles. The van der Waals surface area contributed by atoms with Crippen LogP contribution in [0.25, 0.3) is 0 Å². The number of hydrogen-bond acceptors (Lipinski definition) is 1. The van der Waals surface area contributed by atoms with Crippen LogP contribution in [0.3, 0.4) is 0 Å². The lowest BCUT2D eigenvalue weighted by molar-refractivity contribution is 0.522. The molecule has 0 atom stereocenters. The Bertz CT molecular complexity index is 369. The molecule has 0 radical (unpaired) electrons. The SMILES string of the molecule is CCn1nc(C)c(Br)c1CC1(CCl)CC1. The van der Waals surface area contributed by atoms with Crippen LogP contribution in [0.1, 0.15) is 31.2 Å². The maximum atomic E-state index is 6.02. The van der Waals surface area contributed by atoms with Crippen molar-refractivity contribution < 1.29 is 0 Å². The van der Waals surface area contributed by atoms with Crippen molar-refractivity contribution in [1.82, 2.24) is 9.78 Å². The normalized spacial score (nSPS) is 18.1. The van der Waals surface area contributed by atoms with Crippen LogP contribution in [0.15, 0.2) is 4.47 Å². The maximum absolute atomic E-state index is 6.02. The number of aryl methyl sites for hydroxylation is 2. The average molecular weight is 292 g/mol. The van der Waals surface area contributed by atoms with E-state index in [0.29, 0.717) is 5.41 Å². The molecule has 84 valence electrons. The zero-order valence-electron chi connectivity index (χ0n) is 9.19. The highest BCUT2D eigenvalue weighted by Gasteiger charge is 2.43. The van der Waals surface area contributed by atoms with Crippen LogP contribution in [0.2, 0.25) is 0 Å². The Hall–Kier alpha value is -0.0200. The lowest BCUT2D eigenvalue weighted by Gasteiger charge is -2.12. The van der Waals surface area contributed by atoms with Gasteiger partial charge in [0, 0.05) is 12.4 Å². The molecule has 0 N–H and O–H groups in total. The molecule has 0 amide bonds. The lowest BCUT2D eigenvalue weighted by Crippen LogP contribution is -2.12. The number of nitrogens with zero attached hydrogens (tertiary/aromatic N) is 2. The van der Waals surface area contributed by atoms with Gasteiger partial charge in [0.15, 0.2) is 0 Å². The fraction of sp³-hybridized carbons (Fsp3) is 0.727. The Morgan fingerprint density at radius 3 is 2.67 bits per heavy atom. The maximum Gasteiger partial charge on any atom is 0.0738 e. The quantitative estimate of drug-likeness (QED) is 0.776. The first kappa shape index (κ1) is 11.5. The van der Waals surface area contributed by atoms with Crippen LogP contribution < -0.4 is 0 Å². The van der Waals surface area contributed by atoms with Crippen LogP contribution >= 0.6 is 27.5 Å². The van der Waals surface area contributed by atoms with Gasteiger partial charge in [0.1, 0.15) is 0 Å². The molecular weight excluding hydrogens is 275 g/mol. The molecule has 0 bridgehead atoms. The van der Waals surface area contributed by atoms with Crippen molar-refractivity contribution in [2.24, 2.45) is 5.41 Å². The number of alkyl halides is 1. The molecule has 1 aromatic rings. The fourth-order valence-electron chi connectivity index (χ4n) is 1.93. The Labute approximate surface area is 104 Å². The third-order valence-electron chi connectivity index (χ3n) is 3.24. The molecule has 0 unspecified atom stereocenters. The van der Waals surface area contributed by atoms with Gasteiger partial charge in [-0.1, -0.05) is 0 Å². The number of hydrogen-bond donors (Lipinski definition) is 0. The van der Waals surface area contributed by atoms with Crippen molar-refractivity contribution in [2.45, 2.75) is 39.7 Å². The third-order valence-corrected chi connectivity index (χ3v) is 4.83. The van der Waals surface area contributed by atoms with Gasteiger partial charge in [0.25, 0.3) is 0 Å². The second-order valence-corrected chi connectivity index (χ2v) is 5.53. The lowest BCUT2D eigenvalue weighted by atomic mass is 10.0. The molecule has 2 rings (SSSR count). The van der Waals surface area contributed by atoms with Gasteiger partial charge in [-0.2, -0.15) is 5.10 Å². The van der Waals surface area contributed by atoms with E-state index in [2.05, 4.69) is 32.6 Å². The minimum Gasteiger partial charge on any atom is -0.268 e. The minimum absolute atomic E-state index is 0.365. The van der Waals surface area contributed by atoms with Gasteiger partial charge in [-0.25, -0.2) is 0 Å². The first-order valence-corrected chi connectivity index (χ1v) is 6.72. The van der Waals surface area contributed by atoms with Crippen molar-refractivity contribution in [3.8, 4) is 0 Å². The molecule has 15 heavy (non-hydrogen) atoms. The highest BCUT2D eigenvalue weighted by Crippen LogP contribution is 2.50. The molecule has 0 aliphatic heterocycles. The van der Waals surface area contributed by atoms with Crippen molar-refractivity contribution in [3.63, 3.8) is 0 Å². The molecule has 1 aliphatic carbocycles. The van der Waals surface area contributed by atoms with Crippen LogP contribution in [0.5, 0.6) is 0 Å². The van der Waals surface area contributed by atoms with E-state index in [0.717, 1.165) is 24.5 Å². The highest BCUT2D eigenvalue weighted by atomic mass is 79.9. The van der Waals surface area contributed by atoms with Gasteiger partial charge in [0.2, 0.25) is 0 Å². The predicted octanol–water partition coefficient (Wildman–Crippen LogP) is 3.54. The van der Waals surface area contributed by atoms with E-state index in [1.165, 1.54) is 23.0 Å². The summed E-state index contributed by atoms with van der Waals surface area (Å²) in [4.78, 5) is 0. The van der Waals surface area contributed by atoms with Crippen LogP contribution in [-0.4, -0.2) is 15.7 Å². The molecule has 1 aromatic heterocycles. The van der Waals surface area contributed by atoms with Gasteiger partial charge in [-0.3, -0.25) is 4.68 Å².